The lowest BCUT2D eigenvalue weighted by Crippen LogP contribution is -2.16. The highest BCUT2D eigenvalue weighted by Gasteiger charge is 2.39. The molecule has 0 saturated heterocycles. The molecule has 204 valence electrons. The second-order valence-electron chi connectivity index (χ2n) is 8.62. The van der Waals surface area contributed by atoms with Crippen LogP contribution in [0.5, 0.6) is 23.0 Å². The molecular formula is C30H21F3O7. The Morgan fingerprint density at radius 3 is 2.12 bits per heavy atom. The third kappa shape index (κ3) is 4.68. The molecule has 0 atom stereocenters. The number of carbonyl (C=O) groups excluding carboxylic acids is 1. The fourth-order valence-corrected chi connectivity index (χ4v) is 4.49. The molecule has 1 heterocycles. The molecule has 0 bridgehead atoms. The van der Waals surface area contributed by atoms with Gasteiger partial charge in [0.2, 0.25) is 16.9 Å². The fraction of sp³-hybridized carbons (Fsp3) is 0.133. The summed E-state index contributed by atoms with van der Waals surface area (Å²) in [5.41, 5.74) is -1.74. The van der Waals surface area contributed by atoms with E-state index in [0.29, 0.717) is 10.8 Å². The van der Waals surface area contributed by atoms with Crippen molar-refractivity contribution in [3.05, 3.63) is 94.3 Å². The van der Waals surface area contributed by atoms with Gasteiger partial charge in [0, 0.05) is 6.07 Å². The molecule has 1 aromatic heterocycles. The van der Waals surface area contributed by atoms with Gasteiger partial charge in [0.15, 0.2) is 11.5 Å². The Kier molecular flexibility index (Phi) is 6.85. The Morgan fingerprint density at radius 2 is 1.48 bits per heavy atom. The van der Waals surface area contributed by atoms with Crippen LogP contribution >= 0.6 is 0 Å². The van der Waals surface area contributed by atoms with E-state index in [9.17, 15) is 22.8 Å². The average molecular weight is 550 g/mol. The minimum Gasteiger partial charge on any atom is -0.493 e. The molecule has 0 saturated carbocycles. The fourth-order valence-electron chi connectivity index (χ4n) is 4.49. The second-order valence-corrected chi connectivity index (χ2v) is 8.62. The van der Waals surface area contributed by atoms with Gasteiger partial charge >= 0.3 is 12.1 Å². The number of hydrogen-bond acceptors (Lipinski definition) is 7. The third-order valence-corrected chi connectivity index (χ3v) is 6.29. The lowest BCUT2D eigenvalue weighted by Gasteiger charge is -2.15. The Balaban J connectivity index is 1.61. The molecule has 7 nitrogen and oxygen atoms in total. The zero-order valence-electron chi connectivity index (χ0n) is 21.4. The topological polar surface area (TPSA) is 84.2 Å². The van der Waals surface area contributed by atoms with Gasteiger partial charge < -0.3 is 23.4 Å². The maximum atomic E-state index is 14.2. The van der Waals surface area contributed by atoms with Crippen LogP contribution in [0.3, 0.4) is 0 Å². The molecule has 0 unspecified atom stereocenters. The lowest BCUT2D eigenvalue weighted by atomic mass is 9.96. The highest BCUT2D eigenvalue weighted by molar-refractivity contribution is 5.99. The van der Waals surface area contributed by atoms with E-state index in [0.717, 1.165) is 6.07 Å². The van der Waals surface area contributed by atoms with E-state index in [1.54, 1.807) is 36.4 Å². The van der Waals surface area contributed by atoms with Crippen molar-refractivity contribution in [3.63, 3.8) is 0 Å². The quantitative estimate of drug-likeness (QED) is 0.168. The van der Waals surface area contributed by atoms with Crippen LogP contribution in [-0.4, -0.2) is 27.3 Å². The van der Waals surface area contributed by atoms with Crippen LogP contribution < -0.4 is 24.4 Å². The standard InChI is InChI=1S/C30H21F3O7/c1-36-23-13-17(14-24(37-2)27(23)38-3)29(35)39-18-11-12-21-22(15-18)40-28(30(31,32)33)25(26(21)34)20-10-6-8-16-7-4-5-9-19(16)20/h4-15H,1-3H3. The Hall–Kier alpha value is -4.99. The molecule has 0 aliphatic heterocycles. The number of alkyl halides is 3. The van der Waals surface area contributed by atoms with Gasteiger partial charge in [-0.05, 0) is 40.6 Å². The first-order valence-corrected chi connectivity index (χ1v) is 11.8. The number of benzene rings is 4. The van der Waals surface area contributed by atoms with Crippen molar-refractivity contribution >= 4 is 27.7 Å². The van der Waals surface area contributed by atoms with E-state index in [4.69, 9.17) is 23.4 Å². The van der Waals surface area contributed by atoms with E-state index in [1.807, 2.05) is 0 Å². The van der Waals surface area contributed by atoms with Crippen molar-refractivity contribution in [2.75, 3.05) is 21.3 Å². The summed E-state index contributed by atoms with van der Waals surface area (Å²) in [4.78, 5) is 26.4. The maximum absolute atomic E-state index is 14.2. The Labute approximate surface area is 225 Å². The van der Waals surface area contributed by atoms with Gasteiger partial charge in [0.25, 0.3) is 0 Å². The predicted molar refractivity (Wildman–Crippen MR) is 141 cm³/mol. The van der Waals surface area contributed by atoms with Gasteiger partial charge in [-0.3, -0.25) is 4.79 Å². The largest absolute Gasteiger partial charge is 0.493 e. The summed E-state index contributed by atoms with van der Waals surface area (Å²) >= 11 is 0. The number of esters is 1. The SMILES string of the molecule is COc1cc(C(=O)Oc2ccc3c(=O)c(-c4cccc5ccccc45)c(C(F)(F)F)oc3c2)cc(OC)c1OC. The maximum Gasteiger partial charge on any atom is 0.450 e. The van der Waals surface area contributed by atoms with Crippen LogP contribution in [0.25, 0.3) is 32.9 Å². The highest BCUT2D eigenvalue weighted by atomic mass is 19.4. The summed E-state index contributed by atoms with van der Waals surface area (Å²) in [5, 5.41) is 1.03. The Bertz CT molecular complexity index is 1790. The van der Waals surface area contributed by atoms with Gasteiger partial charge in [-0.15, -0.1) is 0 Å². The summed E-state index contributed by atoms with van der Waals surface area (Å²) in [6.45, 7) is 0. The van der Waals surface area contributed by atoms with Gasteiger partial charge in [-0.1, -0.05) is 42.5 Å². The van der Waals surface area contributed by atoms with Crippen molar-refractivity contribution in [3.8, 4) is 34.1 Å². The van der Waals surface area contributed by atoms with E-state index >= 15 is 0 Å². The molecule has 40 heavy (non-hydrogen) atoms. The summed E-state index contributed by atoms with van der Waals surface area (Å²) in [5.74, 6) is -1.78. The number of halogens is 3. The van der Waals surface area contributed by atoms with E-state index in [2.05, 4.69) is 0 Å². The smallest absolute Gasteiger partial charge is 0.450 e. The molecule has 0 aliphatic carbocycles. The van der Waals surface area contributed by atoms with Gasteiger partial charge in [-0.25, -0.2) is 4.79 Å². The van der Waals surface area contributed by atoms with Crippen LogP contribution in [0.15, 0.2) is 82.0 Å². The van der Waals surface area contributed by atoms with Crippen molar-refractivity contribution in [2.24, 2.45) is 0 Å². The second kappa shape index (κ2) is 10.3. The molecule has 4 aromatic carbocycles. The summed E-state index contributed by atoms with van der Waals surface area (Å²) < 4.78 is 69.1. The zero-order chi connectivity index (χ0) is 28.6. The van der Waals surface area contributed by atoms with Gasteiger partial charge in [-0.2, -0.15) is 13.2 Å². The normalized spacial score (nSPS) is 11.4. The van der Waals surface area contributed by atoms with Gasteiger partial charge in [0.1, 0.15) is 11.3 Å². The number of carbonyl (C=O) groups is 1. The Morgan fingerprint density at radius 1 is 0.800 bits per heavy atom. The molecule has 10 heteroatoms. The minimum atomic E-state index is -4.98. The molecule has 0 spiro atoms. The average Bonchev–Trinajstić information content (AvgIpc) is 2.95. The van der Waals surface area contributed by atoms with E-state index in [1.165, 1.54) is 51.7 Å². The lowest BCUT2D eigenvalue weighted by molar-refractivity contribution is -0.152. The molecule has 0 amide bonds. The number of hydrogen-bond donors (Lipinski definition) is 0. The van der Waals surface area contributed by atoms with Crippen LogP contribution in [0.4, 0.5) is 13.2 Å². The minimum absolute atomic E-state index is 0.0262. The predicted octanol–water partition coefficient (Wildman–Crippen LogP) is 6.88. The van der Waals surface area contributed by atoms with Gasteiger partial charge in [0.05, 0.1) is 37.8 Å². The van der Waals surface area contributed by atoms with Crippen molar-refractivity contribution in [2.45, 2.75) is 6.18 Å². The first-order chi connectivity index (χ1) is 19.2. The number of fused-ring (bicyclic) bond motifs is 2. The molecule has 5 aromatic rings. The number of ether oxygens (including phenoxy) is 4. The molecule has 0 N–H and O–H groups in total. The summed E-state index contributed by atoms with van der Waals surface area (Å²) in [6, 6.07) is 17.9. The number of rotatable bonds is 6. The molecule has 0 radical (unpaired) electrons. The first-order valence-electron chi connectivity index (χ1n) is 11.8. The summed E-state index contributed by atoms with van der Waals surface area (Å²) in [7, 11) is 4.16. The molecule has 0 fully saturated rings. The van der Waals surface area contributed by atoms with E-state index in [-0.39, 0.29) is 39.5 Å². The van der Waals surface area contributed by atoms with E-state index < -0.39 is 34.5 Å². The zero-order valence-corrected chi connectivity index (χ0v) is 21.4. The third-order valence-electron chi connectivity index (χ3n) is 6.29. The monoisotopic (exact) mass is 550 g/mol. The van der Waals surface area contributed by atoms with Crippen LogP contribution in [0.1, 0.15) is 16.1 Å². The number of methoxy groups -OCH3 is 3. The molecular weight excluding hydrogens is 529 g/mol. The highest BCUT2D eigenvalue weighted by Crippen LogP contribution is 2.41. The summed E-state index contributed by atoms with van der Waals surface area (Å²) in [6.07, 6.45) is -4.98. The molecule has 0 aliphatic rings. The van der Waals surface area contributed by atoms with Crippen molar-refractivity contribution < 1.29 is 41.3 Å². The van der Waals surface area contributed by atoms with Crippen molar-refractivity contribution in [1.29, 1.82) is 0 Å². The van der Waals surface area contributed by atoms with Crippen molar-refractivity contribution in [1.82, 2.24) is 0 Å². The van der Waals surface area contributed by atoms with Crippen LogP contribution in [0.2, 0.25) is 0 Å². The van der Waals surface area contributed by atoms with Crippen LogP contribution in [0, 0.1) is 0 Å². The molecule has 5 rings (SSSR count). The van der Waals surface area contributed by atoms with Crippen LogP contribution in [-0.2, 0) is 6.18 Å². The first kappa shape index (κ1) is 26.6.